The summed E-state index contributed by atoms with van der Waals surface area (Å²) in [7, 11) is 0. The molecule has 1 aliphatic rings. The van der Waals surface area contributed by atoms with E-state index < -0.39 is 4.92 Å². The van der Waals surface area contributed by atoms with Crippen molar-refractivity contribution in [1.29, 1.82) is 5.26 Å². The molecule has 0 radical (unpaired) electrons. The molecule has 82 valence electrons. The number of nitrogens with one attached hydrogen (secondary N) is 1. The van der Waals surface area contributed by atoms with Gasteiger partial charge in [0.1, 0.15) is 5.69 Å². The van der Waals surface area contributed by atoms with Crippen LogP contribution in [-0.4, -0.2) is 11.0 Å². The van der Waals surface area contributed by atoms with Crippen LogP contribution in [0.3, 0.4) is 0 Å². The minimum atomic E-state index is -0.428. The van der Waals surface area contributed by atoms with E-state index in [1.54, 1.807) is 0 Å². The van der Waals surface area contributed by atoms with Gasteiger partial charge in [-0.25, -0.2) is 0 Å². The largest absolute Gasteiger partial charge is 0.377 e. The first-order valence-corrected chi connectivity index (χ1v) is 5.16. The van der Waals surface area contributed by atoms with E-state index in [1.165, 1.54) is 18.2 Å². The quantitative estimate of drug-likeness (QED) is 0.622. The van der Waals surface area contributed by atoms with E-state index >= 15 is 0 Å². The average Bonchev–Trinajstić information content (AvgIpc) is 2.22. The van der Waals surface area contributed by atoms with Crippen molar-refractivity contribution in [3.8, 4) is 6.07 Å². The van der Waals surface area contributed by atoms with Gasteiger partial charge in [-0.2, -0.15) is 5.26 Å². The van der Waals surface area contributed by atoms with Crippen LogP contribution in [0.15, 0.2) is 18.2 Å². The van der Waals surface area contributed by atoms with Crippen LogP contribution in [0.5, 0.6) is 0 Å². The fourth-order valence-electron chi connectivity index (χ4n) is 1.65. The van der Waals surface area contributed by atoms with E-state index in [0.29, 0.717) is 17.3 Å². The van der Waals surface area contributed by atoms with Crippen molar-refractivity contribution in [3.05, 3.63) is 33.9 Å². The summed E-state index contributed by atoms with van der Waals surface area (Å²) in [4.78, 5) is 10.4. The van der Waals surface area contributed by atoms with Crippen molar-refractivity contribution in [3.63, 3.8) is 0 Å². The zero-order valence-corrected chi connectivity index (χ0v) is 8.64. The van der Waals surface area contributed by atoms with Crippen LogP contribution in [0, 0.1) is 21.4 Å². The van der Waals surface area contributed by atoms with Gasteiger partial charge < -0.3 is 5.32 Å². The summed E-state index contributed by atoms with van der Waals surface area (Å²) in [5.41, 5.74) is 0.923. The highest BCUT2D eigenvalue weighted by molar-refractivity contribution is 5.64. The average molecular weight is 217 g/mol. The Morgan fingerprint density at radius 1 is 1.50 bits per heavy atom. The maximum atomic E-state index is 10.8. The Balaban J connectivity index is 2.30. The molecule has 0 atom stereocenters. The molecular formula is C11H11N3O2. The number of nitro groups is 1. The molecule has 0 aromatic heterocycles. The van der Waals surface area contributed by atoms with Gasteiger partial charge in [0.25, 0.3) is 5.69 Å². The number of nitriles is 1. The van der Waals surface area contributed by atoms with E-state index in [-0.39, 0.29) is 5.69 Å². The topological polar surface area (TPSA) is 79.0 Å². The first-order chi connectivity index (χ1) is 7.70. The molecule has 0 aliphatic heterocycles. The molecule has 0 saturated heterocycles. The Morgan fingerprint density at radius 2 is 2.25 bits per heavy atom. The molecule has 1 N–H and O–H groups in total. The van der Waals surface area contributed by atoms with Crippen molar-refractivity contribution < 1.29 is 4.92 Å². The molecule has 0 unspecified atom stereocenters. The number of nitrogens with zero attached hydrogens (tertiary/aromatic N) is 2. The standard InChI is InChI=1S/C11H11N3O2/c12-7-8-4-5-11(14(15)16)10(6-8)13-9-2-1-3-9/h4-6,9,13H,1-3H2. The summed E-state index contributed by atoms with van der Waals surface area (Å²) in [6.45, 7) is 0. The second kappa shape index (κ2) is 4.19. The second-order valence-corrected chi connectivity index (χ2v) is 3.87. The third-order valence-corrected chi connectivity index (χ3v) is 2.79. The van der Waals surface area contributed by atoms with Crippen molar-refractivity contribution in [2.75, 3.05) is 5.32 Å². The monoisotopic (exact) mass is 217 g/mol. The van der Waals surface area contributed by atoms with Crippen LogP contribution in [0.1, 0.15) is 24.8 Å². The number of rotatable bonds is 3. The van der Waals surface area contributed by atoms with Crippen LogP contribution in [0.2, 0.25) is 0 Å². The summed E-state index contributed by atoms with van der Waals surface area (Å²) < 4.78 is 0. The lowest BCUT2D eigenvalue weighted by Crippen LogP contribution is -2.27. The molecule has 5 heteroatoms. The SMILES string of the molecule is N#Cc1ccc([N+](=O)[O-])c(NC2CCC2)c1. The maximum absolute atomic E-state index is 10.8. The van der Waals surface area contributed by atoms with Crippen molar-refractivity contribution in [2.24, 2.45) is 0 Å². The molecule has 0 heterocycles. The molecular weight excluding hydrogens is 206 g/mol. The van der Waals surface area contributed by atoms with Gasteiger partial charge in [0.2, 0.25) is 0 Å². The lowest BCUT2D eigenvalue weighted by molar-refractivity contribution is -0.384. The lowest BCUT2D eigenvalue weighted by Gasteiger charge is -2.27. The Morgan fingerprint density at radius 3 is 2.75 bits per heavy atom. The summed E-state index contributed by atoms with van der Waals surface area (Å²) in [6.07, 6.45) is 3.23. The molecule has 16 heavy (non-hydrogen) atoms. The smallest absolute Gasteiger partial charge is 0.292 e. The van der Waals surface area contributed by atoms with Gasteiger partial charge in [0.15, 0.2) is 0 Å². The number of hydrogen-bond acceptors (Lipinski definition) is 4. The van der Waals surface area contributed by atoms with Crippen LogP contribution in [0.25, 0.3) is 0 Å². The van der Waals surface area contributed by atoms with Gasteiger partial charge in [-0.3, -0.25) is 10.1 Å². The predicted octanol–water partition coefficient (Wildman–Crippen LogP) is 2.43. The van der Waals surface area contributed by atoms with E-state index in [2.05, 4.69) is 5.32 Å². The summed E-state index contributed by atoms with van der Waals surface area (Å²) in [5.74, 6) is 0. The zero-order valence-electron chi connectivity index (χ0n) is 8.64. The third kappa shape index (κ3) is 1.96. The van der Waals surface area contributed by atoms with Crippen molar-refractivity contribution in [1.82, 2.24) is 0 Å². The zero-order chi connectivity index (χ0) is 11.5. The van der Waals surface area contributed by atoms with Crippen LogP contribution in [0.4, 0.5) is 11.4 Å². The lowest BCUT2D eigenvalue weighted by atomic mass is 9.93. The molecule has 5 nitrogen and oxygen atoms in total. The predicted molar refractivity (Wildman–Crippen MR) is 59.1 cm³/mol. The Bertz CT molecular complexity index is 461. The highest BCUT2D eigenvalue weighted by Gasteiger charge is 2.21. The van der Waals surface area contributed by atoms with Crippen LogP contribution < -0.4 is 5.32 Å². The Kier molecular flexibility index (Phi) is 2.73. The van der Waals surface area contributed by atoms with E-state index in [4.69, 9.17) is 5.26 Å². The Labute approximate surface area is 92.8 Å². The van der Waals surface area contributed by atoms with Gasteiger partial charge in [0.05, 0.1) is 16.6 Å². The molecule has 0 spiro atoms. The highest BCUT2D eigenvalue weighted by atomic mass is 16.6. The fraction of sp³-hybridized carbons (Fsp3) is 0.364. The molecule has 1 fully saturated rings. The van der Waals surface area contributed by atoms with Crippen molar-refractivity contribution in [2.45, 2.75) is 25.3 Å². The molecule has 1 saturated carbocycles. The molecule has 0 amide bonds. The number of anilines is 1. The second-order valence-electron chi connectivity index (χ2n) is 3.87. The van der Waals surface area contributed by atoms with Crippen LogP contribution in [-0.2, 0) is 0 Å². The maximum Gasteiger partial charge on any atom is 0.292 e. The molecule has 2 rings (SSSR count). The summed E-state index contributed by atoms with van der Waals surface area (Å²) in [5, 5.41) is 22.7. The molecule has 0 bridgehead atoms. The van der Waals surface area contributed by atoms with Gasteiger partial charge >= 0.3 is 0 Å². The number of nitro benzene ring substituents is 1. The van der Waals surface area contributed by atoms with Gasteiger partial charge in [-0.15, -0.1) is 0 Å². The fourth-order valence-corrected chi connectivity index (χ4v) is 1.65. The highest BCUT2D eigenvalue weighted by Crippen LogP contribution is 2.30. The molecule has 1 aliphatic carbocycles. The third-order valence-electron chi connectivity index (χ3n) is 2.79. The van der Waals surface area contributed by atoms with Gasteiger partial charge in [-0.05, 0) is 31.4 Å². The van der Waals surface area contributed by atoms with Crippen molar-refractivity contribution >= 4 is 11.4 Å². The van der Waals surface area contributed by atoms with E-state index in [9.17, 15) is 10.1 Å². The van der Waals surface area contributed by atoms with E-state index in [1.807, 2.05) is 6.07 Å². The summed E-state index contributed by atoms with van der Waals surface area (Å²) >= 11 is 0. The number of benzene rings is 1. The van der Waals surface area contributed by atoms with Gasteiger partial charge in [0, 0.05) is 12.1 Å². The first kappa shape index (κ1) is 10.4. The Hall–Kier alpha value is -2.09. The van der Waals surface area contributed by atoms with E-state index in [0.717, 1.165) is 19.3 Å². The molecule has 1 aromatic rings. The normalized spacial score (nSPS) is 14.9. The summed E-state index contributed by atoms with van der Waals surface area (Å²) in [6, 6.07) is 6.67. The minimum Gasteiger partial charge on any atom is -0.377 e. The number of hydrogen-bond donors (Lipinski definition) is 1. The van der Waals surface area contributed by atoms with Crippen LogP contribution >= 0.6 is 0 Å². The minimum absolute atomic E-state index is 0.0332. The molecule has 1 aromatic carbocycles. The first-order valence-electron chi connectivity index (χ1n) is 5.16. The van der Waals surface area contributed by atoms with Gasteiger partial charge in [-0.1, -0.05) is 0 Å².